The maximum absolute atomic E-state index is 11.7. The van der Waals surface area contributed by atoms with Gasteiger partial charge in [-0.25, -0.2) is 0 Å². The maximum atomic E-state index is 11.7. The van der Waals surface area contributed by atoms with Crippen molar-refractivity contribution in [2.24, 2.45) is 5.92 Å². The van der Waals surface area contributed by atoms with Crippen LogP contribution in [-0.4, -0.2) is 30.1 Å². The molecule has 1 aromatic rings. The Morgan fingerprint density at radius 2 is 1.86 bits per heavy atom. The van der Waals surface area contributed by atoms with Crippen LogP contribution < -0.4 is 10.6 Å². The van der Waals surface area contributed by atoms with E-state index in [4.69, 9.17) is 0 Å². The fourth-order valence-electron chi connectivity index (χ4n) is 2.54. The molecule has 0 heterocycles. The molecule has 0 bridgehead atoms. The highest BCUT2D eigenvalue weighted by molar-refractivity contribution is 5.92. The number of benzene rings is 1. The molecule has 112 valence electrons. The third-order valence-corrected chi connectivity index (χ3v) is 4.30. The average molecular weight is 288 g/mol. The molecule has 5 nitrogen and oxygen atoms in total. The van der Waals surface area contributed by atoms with E-state index < -0.39 is 11.4 Å². The summed E-state index contributed by atoms with van der Waals surface area (Å²) in [6, 6.07) is 7.15. The van der Waals surface area contributed by atoms with Crippen molar-refractivity contribution in [3.8, 4) is 0 Å². The number of amides is 1. The highest BCUT2D eigenvalue weighted by Crippen LogP contribution is 2.48. The number of hydrogen-bond acceptors (Lipinski definition) is 3. The summed E-state index contributed by atoms with van der Waals surface area (Å²) in [5, 5.41) is 15.2. The van der Waals surface area contributed by atoms with Crippen molar-refractivity contribution in [1.29, 1.82) is 0 Å². The van der Waals surface area contributed by atoms with Gasteiger partial charge < -0.3 is 15.7 Å². The summed E-state index contributed by atoms with van der Waals surface area (Å²) in [4.78, 5) is 23.0. The second-order valence-corrected chi connectivity index (χ2v) is 6.09. The first-order valence-electron chi connectivity index (χ1n) is 7.45. The van der Waals surface area contributed by atoms with Gasteiger partial charge >= 0.3 is 5.97 Å². The number of carbonyl (C=O) groups excluding carboxylic acids is 1. The molecule has 0 saturated heterocycles. The van der Waals surface area contributed by atoms with E-state index in [2.05, 4.69) is 10.6 Å². The van der Waals surface area contributed by atoms with Crippen molar-refractivity contribution in [2.75, 3.05) is 18.4 Å². The van der Waals surface area contributed by atoms with Gasteiger partial charge in [0.05, 0.1) is 12.0 Å². The van der Waals surface area contributed by atoms with Gasteiger partial charge in [-0.1, -0.05) is 12.1 Å². The molecule has 21 heavy (non-hydrogen) atoms. The molecule has 0 atom stereocenters. The van der Waals surface area contributed by atoms with Crippen molar-refractivity contribution in [3.63, 3.8) is 0 Å². The smallest absolute Gasteiger partial charge is 0.314 e. The molecule has 0 radical (unpaired) electrons. The molecule has 2 aliphatic rings. The third kappa shape index (κ3) is 3.24. The number of carboxylic acid groups (broad SMARTS) is 1. The number of nitrogens with one attached hydrogen (secondary N) is 2. The van der Waals surface area contributed by atoms with Crippen LogP contribution in [0.3, 0.4) is 0 Å². The second-order valence-electron chi connectivity index (χ2n) is 6.09. The van der Waals surface area contributed by atoms with Crippen molar-refractivity contribution < 1.29 is 14.7 Å². The Kier molecular flexibility index (Phi) is 3.68. The van der Waals surface area contributed by atoms with E-state index in [1.165, 1.54) is 12.8 Å². The van der Waals surface area contributed by atoms with Crippen LogP contribution in [0.5, 0.6) is 0 Å². The largest absolute Gasteiger partial charge is 0.481 e. The standard InChI is InChI=1S/C16H20N2O3/c19-14(10-17-9-11-1-2-11)18-13-5-3-12(4-6-13)16(7-8-16)15(20)21/h3-6,11,17H,1-2,7-10H2,(H,18,19)(H,20,21). The SMILES string of the molecule is O=C(CNCC1CC1)Nc1ccc(C2(C(=O)O)CC2)cc1. The Balaban J connectivity index is 1.52. The highest BCUT2D eigenvalue weighted by Gasteiger charge is 2.51. The Morgan fingerprint density at radius 1 is 1.19 bits per heavy atom. The van der Waals surface area contributed by atoms with Crippen LogP contribution in [0.4, 0.5) is 5.69 Å². The van der Waals surface area contributed by atoms with Crippen molar-refractivity contribution in [1.82, 2.24) is 5.32 Å². The minimum absolute atomic E-state index is 0.0669. The first kappa shape index (κ1) is 14.1. The number of hydrogen-bond donors (Lipinski definition) is 3. The molecule has 0 aromatic heterocycles. The van der Waals surface area contributed by atoms with Gasteiger partial charge in [-0.2, -0.15) is 0 Å². The topological polar surface area (TPSA) is 78.4 Å². The zero-order valence-corrected chi connectivity index (χ0v) is 11.9. The number of anilines is 1. The number of carbonyl (C=O) groups is 2. The molecule has 1 aromatic carbocycles. The highest BCUT2D eigenvalue weighted by atomic mass is 16.4. The van der Waals surface area contributed by atoms with Gasteiger partial charge in [0.1, 0.15) is 0 Å². The number of rotatable bonds is 7. The average Bonchev–Trinajstić information content (AvgIpc) is 3.34. The van der Waals surface area contributed by atoms with Crippen LogP contribution in [0.25, 0.3) is 0 Å². The van der Waals surface area contributed by atoms with E-state index in [1.807, 2.05) is 0 Å². The summed E-state index contributed by atoms with van der Waals surface area (Å²) in [5.41, 5.74) is 0.840. The third-order valence-electron chi connectivity index (χ3n) is 4.30. The number of aliphatic carboxylic acids is 1. The zero-order valence-electron chi connectivity index (χ0n) is 11.9. The van der Waals surface area contributed by atoms with E-state index in [1.54, 1.807) is 24.3 Å². The Hall–Kier alpha value is -1.88. The van der Waals surface area contributed by atoms with Gasteiger partial charge in [0.2, 0.25) is 5.91 Å². The van der Waals surface area contributed by atoms with Crippen LogP contribution in [0.1, 0.15) is 31.2 Å². The quantitative estimate of drug-likeness (QED) is 0.714. The summed E-state index contributed by atoms with van der Waals surface area (Å²) in [5.74, 6) is -0.0748. The van der Waals surface area contributed by atoms with E-state index in [0.29, 0.717) is 25.1 Å². The molecule has 0 spiro atoms. The predicted molar refractivity (Wildman–Crippen MR) is 79.2 cm³/mol. The maximum Gasteiger partial charge on any atom is 0.314 e. The molecule has 3 N–H and O–H groups in total. The molecule has 0 unspecified atom stereocenters. The molecule has 3 rings (SSSR count). The Morgan fingerprint density at radius 3 is 2.38 bits per heavy atom. The van der Waals surface area contributed by atoms with Crippen molar-refractivity contribution in [3.05, 3.63) is 29.8 Å². The van der Waals surface area contributed by atoms with Crippen LogP contribution >= 0.6 is 0 Å². The second kappa shape index (κ2) is 5.48. The van der Waals surface area contributed by atoms with Gasteiger partial charge in [-0.3, -0.25) is 9.59 Å². The summed E-state index contributed by atoms with van der Waals surface area (Å²) in [6.45, 7) is 1.23. The van der Waals surface area contributed by atoms with Gasteiger partial charge in [0.25, 0.3) is 0 Å². The molecule has 5 heteroatoms. The van der Waals surface area contributed by atoms with Crippen LogP contribution in [0.15, 0.2) is 24.3 Å². The van der Waals surface area contributed by atoms with E-state index in [0.717, 1.165) is 18.0 Å². The molecule has 0 aliphatic heterocycles. The lowest BCUT2D eigenvalue weighted by atomic mass is 9.96. The molecular formula is C16H20N2O3. The summed E-state index contributed by atoms with van der Waals surface area (Å²) < 4.78 is 0. The Bertz CT molecular complexity index is 545. The minimum Gasteiger partial charge on any atom is -0.481 e. The van der Waals surface area contributed by atoms with E-state index >= 15 is 0 Å². The van der Waals surface area contributed by atoms with Gasteiger partial charge in [-0.05, 0) is 55.8 Å². The van der Waals surface area contributed by atoms with Crippen LogP contribution in [0.2, 0.25) is 0 Å². The van der Waals surface area contributed by atoms with Crippen molar-refractivity contribution in [2.45, 2.75) is 31.1 Å². The van der Waals surface area contributed by atoms with Gasteiger partial charge in [-0.15, -0.1) is 0 Å². The number of carboxylic acids is 1. The lowest BCUT2D eigenvalue weighted by molar-refractivity contribution is -0.140. The zero-order chi connectivity index (χ0) is 14.9. The predicted octanol–water partition coefficient (Wildman–Crippen LogP) is 1.74. The Labute approximate surface area is 123 Å². The van der Waals surface area contributed by atoms with Crippen LogP contribution in [0, 0.1) is 5.92 Å². The fourth-order valence-corrected chi connectivity index (χ4v) is 2.54. The van der Waals surface area contributed by atoms with E-state index in [9.17, 15) is 14.7 Å². The lowest BCUT2D eigenvalue weighted by Crippen LogP contribution is -2.29. The molecule has 2 fully saturated rings. The van der Waals surface area contributed by atoms with Crippen LogP contribution in [-0.2, 0) is 15.0 Å². The van der Waals surface area contributed by atoms with Gasteiger partial charge in [0, 0.05) is 5.69 Å². The molecular weight excluding hydrogens is 268 g/mol. The minimum atomic E-state index is -0.761. The van der Waals surface area contributed by atoms with Gasteiger partial charge in [0.15, 0.2) is 0 Å². The first-order chi connectivity index (χ1) is 10.1. The molecule has 1 amide bonds. The lowest BCUT2D eigenvalue weighted by Gasteiger charge is -2.11. The monoisotopic (exact) mass is 288 g/mol. The summed E-state index contributed by atoms with van der Waals surface area (Å²) >= 11 is 0. The summed E-state index contributed by atoms with van der Waals surface area (Å²) in [6.07, 6.45) is 3.92. The normalized spacial score (nSPS) is 19.0. The first-order valence-corrected chi connectivity index (χ1v) is 7.45. The fraction of sp³-hybridized carbons (Fsp3) is 0.500. The van der Waals surface area contributed by atoms with E-state index in [-0.39, 0.29) is 5.91 Å². The van der Waals surface area contributed by atoms with Crippen molar-refractivity contribution >= 4 is 17.6 Å². The molecule has 2 saturated carbocycles. The molecule has 2 aliphatic carbocycles. The summed E-state index contributed by atoms with van der Waals surface area (Å²) in [7, 11) is 0.